The Bertz CT molecular complexity index is 453. The van der Waals surface area contributed by atoms with Crippen LogP contribution in [0.5, 0.6) is 0 Å². The molecule has 1 saturated carbocycles. The zero-order valence-corrected chi connectivity index (χ0v) is 13.5. The number of nitrogens with one attached hydrogen (secondary N) is 1. The van der Waals surface area contributed by atoms with Gasteiger partial charge in [0.25, 0.3) is 0 Å². The van der Waals surface area contributed by atoms with Gasteiger partial charge in [-0.05, 0) is 32.9 Å². The van der Waals surface area contributed by atoms with Crippen LogP contribution in [0.2, 0.25) is 0 Å². The van der Waals surface area contributed by atoms with E-state index in [9.17, 15) is 0 Å². The molecule has 2 heterocycles. The first-order valence-electron chi connectivity index (χ1n) is 8.13. The van der Waals surface area contributed by atoms with Crippen molar-refractivity contribution in [2.24, 2.45) is 5.92 Å². The summed E-state index contributed by atoms with van der Waals surface area (Å²) in [5, 5.41) is 12.0. The molecule has 2 atom stereocenters. The highest BCUT2D eigenvalue weighted by atomic mass is 15.4. The molecule has 0 bridgehead atoms. The third-order valence-corrected chi connectivity index (χ3v) is 4.69. The van der Waals surface area contributed by atoms with Crippen molar-refractivity contribution in [3.63, 3.8) is 0 Å². The minimum absolute atomic E-state index is 0.680. The van der Waals surface area contributed by atoms with Gasteiger partial charge < -0.3 is 10.2 Å². The largest absolute Gasteiger partial charge is 0.308 e. The molecule has 0 amide bonds. The van der Waals surface area contributed by atoms with Gasteiger partial charge in [-0.25, -0.2) is 0 Å². The number of hydrogen-bond donors (Lipinski definition) is 1. The molecule has 2 aliphatic rings. The van der Waals surface area contributed by atoms with E-state index in [0.29, 0.717) is 6.04 Å². The number of nitrogens with zero attached hydrogens (tertiary/aromatic N) is 5. The van der Waals surface area contributed by atoms with E-state index in [1.165, 1.54) is 25.9 Å². The van der Waals surface area contributed by atoms with Crippen LogP contribution in [0, 0.1) is 5.92 Å². The highest BCUT2D eigenvalue weighted by molar-refractivity contribution is 4.94. The molecule has 0 aromatic carbocycles. The summed E-state index contributed by atoms with van der Waals surface area (Å²) in [4.78, 5) is 4.89. The van der Waals surface area contributed by atoms with E-state index in [1.807, 2.05) is 4.68 Å². The second-order valence-corrected chi connectivity index (χ2v) is 6.90. The molecule has 1 aliphatic carbocycles. The molecular formula is C15H28N6. The summed E-state index contributed by atoms with van der Waals surface area (Å²) >= 11 is 0. The number of rotatable bonds is 7. The van der Waals surface area contributed by atoms with Gasteiger partial charge in [0.1, 0.15) is 0 Å². The minimum Gasteiger partial charge on any atom is -0.308 e. The van der Waals surface area contributed by atoms with Crippen LogP contribution in [-0.4, -0.2) is 70.6 Å². The summed E-state index contributed by atoms with van der Waals surface area (Å²) in [6.07, 6.45) is 4.71. The normalized spacial score (nSPS) is 26.9. The molecule has 2 unspecified atom stereocenters. The SMILES string of the molecule is CC1CN(CCn2cc(CNC3CC3)nn2)CC1N(C)C. The maximum atomic E-state index is 4.24. The Morgan fingerprint density at radius 2 is 2.10 bits per heavy atom. The zero-order chi connectivity index (χ0) is 14.8. The fourth-order valence-electron chi connectivity index (χ4n) is 3.21. The van der Waals surface area contributed by atoms with E-state index in [-0.39, 0.29) is 0 Å². The van der Waals surface area contributed by atoms with Gasteiger partial charge in [0.2, 0.25) is 0 Å². The molecule has 1 aromatic heterocycles. The maximum Gasteiger partial charge on any atom is 0.0964 e. The summed E-state index contributed by atoms with van der Waals surface area (Å²) in [7, 11) is 4.36. The number of likely N-dealkylation sites (tertiary alicyclic amines) is 1. The van der Waals surface area contributed by atoms with Crippen LogP contribution in [-0.2, 0) is 13.1 Å². The lowest BCUT2D eigenvalue weighted by Gasteiger charge is -2.22. The first kappa shape index (κ1) is 14.9. The van der Waals surface area contributed by atoms with Gasteiger partial charge in [0.05, 0.1) is 12.2 Å². The second-order valence-electron chi connectivity index (χ2n) is 6.90. The molecule has 0 radical (unpaired) electrons. The molecule has 1 N–H and O–H groups in total. The van der Waals surface area contributed by atoms with Gasteiger partial charge in [0, 0.05) is 44.5 Å². The molecule has 2 fully saturated rings. The highest BCUT2D eigenvalue weighted by Crippen LogP contribution is 2.20. The van der Waals surface area contributed by atoms with Gasteiger partial charge in [-0.3, -0.25) is 9.58 Å². The lowest BCUT2D eigenvalue weighted by Crippen LogP contribution is -2.34. The van der Waals surface area contributed by atoms with Gasteiger partial charge in [-0.2, -0.15) is 0 Å². The summed E-state index contributed by atoms with van der Waals surface area (Å²) in [6, 6.07) is 1.41. The molecule has 1 saturated heterocycles. The second kappa shape index (κ2) is 6.42. The Hall–Kier alpha value is -0.980. The van der Waals surface area contributed by atoms with Crippen LogP contribution < -0.4 is 5.32 Å². The van der Waals surface area contributed by atoms with Crippen LogP contribution >= 0.6 is 0 Å². The molecule has 1 aliphatic heterocycles. The van der Waals surface area contributed by atoms with E-state index in [1.54, 1.807) is 0 Å². The maximum absolute atomic E-state index is 4.24. The molecule has 0 spiro atoms. The van der Waals surface area contributed by atoms with Crippen LogP contribution in [0.15, 0.2) is 6.20 Å². The van der Waals surface area contributed by atoms with Crippen molar-refractivity contribution in [2.45, 2.75) is 44.9 Å². The lowest BCUT2D eigenvalue weighted by atomic mass is 10.1. The fourth-order valence-corrected chi connectivity index (χ4v) is 3.21. The topological polar surface area (TPSA) is 49.2 Å². The Balaban J connectivity index is 1.42. The van der Waals surface area contributed by atoms with Crippen molar-refractivity contribution in [3.8, 4) is 0 Å². The Kier molecular flexibility index (Phi) is 4.57. The van der Waals surface area contributed by atoms with E-state index in [2.05, 4.69) is 52.6 Å². The lowest BCUT2D eigenvalue weighted by molar-refractivity contribution is 0.248. The smallest absolute Gasteiger partial charge is 0.0964 e. The Labute approximate surface area is 127 Å². The molecule has 6 nitrogen and oxygen atoms in total. The van der Waals surface area contributed by atoms with Gasteiger partial charge in [0.15, 0.2) is 0 Å². The van der Waals surface area contributed by atoms with Crippen molar-refractivity contribution in [1.29, 1.82) is 0 Å². The van der Waals surface area contributed by atoms with Crippen molar-refractivity contribution in [3.05, 3.63) is 11.9 Å². The van der Waals surface area contributed by atoms with Crippen LogP contribution in [0.3, 0.4) is 0 Å². The van der Waals surface area contributed by atoms with Crippen molar-refractivity contribution < 1.29 is 0 Å². The number of aromatic nitrogens is 3. The van der Waals surface area contributed by atoms with E-state index >= 15 is 0 Å². The molecule has 3 rings (SSSR count). The van der Waals surface area contributed by atoms with Crippen molar-refractivity contribution >= 4 is 0 Å². The highest BCUT2D eigenvalue weighted by Gasteiger charge is 2.30. The monoisotopic (exact) mass is 292 g/mol. The Morgan fingerprint density at radius 1 is 1.29 bits per heavy atom. The van der Waals surface area contributed by atoms with E-state index in [0.717, 1.165) is 37.3 Å². The predicted octanol–water partition coefficient (Wildman–Crippen LogP) is 0.412. The van der Waals surface area contributed by atoms with Crippen LogP contribution in [0.1, 0.15) is 25.5 Å². The van der Waals surface area contributed by atoms with Crippen molar-refractivity contribution in [2.75, 3.05) is 33.7 Å². The Morgan fingerprint density at radius 3 is 2.76 bits per heavy atom. The third kappa shape index (κ3) is 4.02. The minimum atomic E-state index is 0.680. The first-order chi connectivity index (χ1) is 10.1. The summed E-state index contributed by atoms with van der Waals surface area (Å²) < 4.78 is 1.98. The van der Waals surface area contributed by atoms with E-state index in [4.69, 9.17) is 0 Å². The summed E-state index contributed by atoms with van der Waals surface area (Å²) in [5.41, 5.74) is 1.06. The predicted molar refractivity (Wildman–Crippen MR) is 83.0 cm³/mol. The first-order valence-corrected chi connectivity index (χ1v) is 8.13. The van der Waals surface area contributed by atoms with Crippen LogP contribution in [0.4, 0.5) is 0 Å². The fraction of sp³-hybridized carbons (Fsp3) is 0.867. The standard InChI is InChI=1S/C15H28N6/c1-12-9-20(11-15(12)19(2)3)6-7-21-10-14(17-18-21)8-16-13-4-5-13/h10,12-13,15-16H,4-9,11H2,1-3H3. The molecule has 6 heteroatoms. The van der Waals surface area contributed by atoms with Crippen LogP contribution in [0.25, 0.3) is 0 Å². The number of hydrogen-bond acceptors (Lipinski definition) is 5. The summed E-state index contributed by atoms with van der Waals surface area (Å²) in [5.74, 6) is 0.744. The van der Waals surface area contributed by atoms with Gasteiger partial charge in [-0.15, -0.1) is 5.10 Å². The zero-order valence-electron chi connectivity index (χ0n) is 13.5. The average molecular weight is 292 g/mol. The van der Waals surface area contributed by atoms with Gasteiger partial charge >= 0.3 is 0 Å². The van der Waals surface area contributed by atoms with Crippen molar-refractivity contribution in [1.82, 2.24) is 30.1 Å². The third-order valence-electron chi connectivity index (χ3n) is 4.69. The summed E-state index contributed by atoms with van der Waals surface area (Å²) in [6.45, 7) is 7.55. The molecular weight excluding hydrogens is 264 g/mol. The number of likely N-dealkylation sites (N-methyl/N-ethyl adjacent to an activating group) is 1. The molecule has 21 heavy (non-hydrogen) atoms. The van der Waals surface area contributed by atoms with Gasteiger partial charge in [-0.1, -0.05) is 12.1 Å². The molecule has 1 aromatic rings. The molecule has 118 valence electrons. The van der Waals surface area contributed by atoms with E-state index < -0.39 is 0 Å². The quantitative estimate of drug-likeness (QED) is 0.789. The average Bonchev–Trinajstić information content (AvgIpc) is 3.03.